The van der Waals surface area contributed by atoms with Gasteiger partial charge in [-0.05, 0) is 25.5 Å². The van der Waals surface area contributed by atoms with Gasteiger partial charge in [0.25, 0.3) is 0 Å². The summed E-state index contributed by atoms with van der Waals surface area (Å²) < 4.78 is 2.66. The van der Waals surface area contributed by atoms with Crippen LogP contribution in [0.3, 0.4) is 0 Å². The Kier molecular flexibility index (Phi) is 5.69. The van der Waals surface area contributed by atoms with Crippen LogP contribution in [0.2, 0.25) is 0 Å². The molecule has 5 rings (SSSR count). The van der Waals surface area contributed by atoms with Crippen LogP contribution in [0.15, 0.2) is 71.9 Å². The molecule has 4 aromatic rings. The van der Waals surface area contributed by atoms with E-state index < -0.39 is 0 Å². The Labute approximate surface area is 181 Å². The summed E-state index contributed by atoms with van der Waals surface area (Å²) >= 11 is 1.85. The van der Waals surface area contributed by atoms with Gasteiger partial charge in [-0.1, -0.05) is 69.3 Å². The molecule has 0 fully saturated rings. The molecular weight excluding hydrogens is 386 g/mol. The third kappa shape index (κ3) is 4.14. The molecule has 1 aliphatic heterocycles. The van der Waals surface area contributed by atoms with Crippen LogP contribution < -0.4 is 0 Å². The van der Waals surface area contributed by atoms with Crippen molar-refractivity contribution in [3.8, 4) is 11.3 Å². The van der Waals surface area contributed by atoms with Crippen LogP contribution in [-0.2, 0) is 5.41 Å². The second-order valence-electron chi connectivity index (χ2n) is 8.44. The van der Waals surface area contributed by atoms with E-state index in [1.807, 2.05) is 23.5 Å². The zero-order chi connectivity index (χ0) is 21.1. The van der Waals surface area contributed by atoms with Crippen LogP contribution in [0.4, 0.5) is 0 Å². The first-order chi connectivity index (χ1) is 14.4. The van der Waals surface area contributed by atoms with Gasteiger partial charge in [-0.3, -0.25) is 4.99 Å². The molecule has 2 aromatic carbocycles. The lowest BCUT2D eigenvalue weighted by molar-refractivity contribution is 0.552. The Morgan fingerprint density at radius 1 is 0.967 bits per heavy atom. The smallest absolute Gasteiger partial charge is 0.112 e. The quantitative estimate of drug-likeness (QED) is 0.343. The van der Waals surface area contributed by atoms with Gasteiger partial charge in [0.1, 0.15) is 5.82 Å². The zero-order valence-corrected chi connectivity index (χ0v) is 18.8. The van der Waals surface area contributed by atoms with Crippen LogP contribution in [0.1, 0.15) is 38.7 Å². The van der Waals surface area contributed by atoms with Crippen molar-refractivity contribution in [2.24, 2.45) is 4.99 Å². The van der Waals surface area contributed by atoms with Crippen LogP contribution in [0, 0.1) is 6.92 Å². The van der Waals surface area contributed by atoms with Crippen LogP contribution >= 0.6 is 11.3 Å². The lowest BCUT2D eigenvalue weighted by atomic mass is 9.96. The summed E-state index contributed by atoms with van der Waals surface area (Å²) in [5.41, 5.74) is 3.47. The van der Waals surface area contributed by atoms with E-state index in [0.717, 1.165) is 23.6 Å². The number of benzene rings is 2. The van der Waals surface area contributed by atoms with Gasteiger partial charge in [0, 0.05) is 49.3 Å². The number of aryl methyl sites for hydroxylation is 1. The van der Waals surface area contributed by atoms with E-state index >= 15 is 0 Å². The summed E-state index contributed by atoms with van der Waals surface area (Å²) in [5.74, 6) is 1.04. The van der Waals surface area contributed by atoms with Crippen molar-refractivity contribution >= 4 is 37.7 Å². The highest BCUT2D eigenvalue weighted by atomic mass is 32.1. The van der Waals surface area contributed by atoms with E-state index in [4.69, 9.17) is 4.98 Å². The minimum Gasteiger partial charge on any atom is -0.345 e. The monoisotopic (exact) mass is 413 g/mol. The number of hydrogen-bond acceptors (Lipinski definition) is 3. The fraction of sp³-hybridized carbons (Fsp3) is 0.231. The molecule has 4 heteroatoms. The molecule has 0 saturated carbocycles. The Hall–Kier alpha value is -2.98. The number of thiophene rings is 1. The summed E-state index contributed by atoms with van der Waals surface area (Å²) in [7, 11) is 0. The first-order valence-corrected chi connectivity index (χ1v) is 11.1. The lowest BCUT2D eigenvalue weighted by Gasteiger charge is -2.14. The molecule has 0 bridgehead atoms. The van der Waals surface area contributed by atoms with Crippen molar-refractivity contribution in [2.75, 3.05) is 0 Å². The third-order valence-electron chi connectivity index (χ3n) is 5.03. The second kappa shape index (κ2) is 8.41. The maximum atomic E-state index is 4.92. The van der Waals surface area contributed by atoms with Gasteiger partial charge in [-0.2, -0.15) is 0 Å². The van der Waals surface area contributed by atoms with Gasteiger partial charge < -0.3 is 4.98 Å². The van der Waals surface area contributed by atoms with Gasteiger partial charge in [0.15, 0.2) is 0 Å². The Morgan fingerprint density at radius 3 is 2.57 bits per heavy atom. The van der Waals surface area contributed by atoms with Gasteiger partial charge in [-0.25, -0.2) is 4.98 Å². The van der Waals surface area contributed by atoms with E-state index in [1.54, 1.807) is 12.4 Å². The van der Waals surface area contributed by atoms with Crippen molar-refractivity contribution < 1.29 is 0 Å². The number of nitrogens with one attached hydrogen (secondary N) is 1. The van der Waals surface area contributed by atoms with Crippen LogP contribution in [0.5, 0.6) is 0 Å². The van der Waals surface area contributed by atoms with E-state index in [1.165, 1.54) is 25.7 Å². The van der Waals surface area contributed by atoms with Gasteiger partial charge >= 0.3 is 0 Å². The number of aromatic nitrogens is 2. The highest BCUT2D eigenvalue weighted by molar-refractivity contribution is 7.26. The average molecular weight is 414 g/mol. The van der Waals surface area contributed by atoms with Crippen molar-refractivity contribution in [1.82, 2.24) is 9.97 Å². The van der Waals surface area contributed by atoms with Crippen molar-refractivity contribution in [1.29, 1.82) is 0 Å². The average Bonchev–Trinajstić information content (AvgIpc) is 3.15. The number of fused-ring (bicyclic) bond motifs is 3. The first-order valence-electron chi connectivity index (χ1n) is 10.3. The maximum Gasteiger partial charge on any atom is 0.112 e. The number of hydrogen-bond donors (Lipinski definition) is 1. The van der Waals surface area contributed by atoms with Crippen molar-refractivity contribution in [3.05, 3.63) is 78.4 Å². The Bertz CT molecular complexity index is 1250. The molecule has 3 nitrogen and oxygen atoms in total. The Morgan fingerprint density at radius 2 is 1.77 bits per heavy atom. The molecule has 0 atom stereocenters. The molecule has 0 saturated heterocycles. The summed E-state index contributed by atoms with van der Waals surface area (Å²) in [6.07, 6.45) is 10.6. The molecule has 0 amide bonds. The van der Waals surface area contributed by atoms with Gasteiger partial charge in [-0.15, -0.1) is 11.3 Å². The highest BCUT2D eigenvalue weighted by Crippen LogP contribution is 2.40. The number of H-pyrrole nitrogens is 1. The fourth-order valence-corrected chi connectivity index (χ4v) is 4.67. The number of imidazole rings is 1. The topological polar surface area (TPSA) is 41.0 Å². The van der Waals surface area contributed by atoms with Crippen LogP contribution in [-0.4, -0.2) is 16.2 Å². The summed E-state index contributed by atoms with van der Waals surface area (Å²) in [6, 6.07) is 15.2. The molecule has 30 heavy (non-hydrogen) atoms. The summed E-state index contributed by atoms with van der Waals surface area (Å²) in [5, 5.41) is 2.65. The standard InChI is InChI=1S/C20H20N2S.C6H7N/c1-12-17(22-19(21-12)20(2,3)4)15-10-7-9-14-13-8-5-6-11-16(13)23-18(14)15;1-2-4-6-7-5-3-1/h5-11H,1-4H3,(H,21,22);1,3-6H,2H2. The zero-order valence-electron chi connectivity index (χ0n) is 17.9. The molecular formula is C26H27N3S. The summed E-state index contributed by atoms with van der Waals surface area (Å²) in [4.78, 5) is 12.3. The maximum absolute atomic E-state index is 4.92. The number of rotatable bonds is 1. The number of aliphatic imine (C=N–C) groups is 1. The predicted octanol–water partition coefficient (Wildman–Crippen LogP) is 7.58. The molecule has 0 aliphatic carbocycles. The lowest BCUT2D eigenvalue weighted by Crippen LogP contribution is -2.13. The van der Waals surface area contributed by atoms with Gasteiger partial charge in [0.2, 0.25) is 0 Å². The molecule has 1 N–H and O–H groups in total. The molecule has 2 aromatic heterocycles. The van der Waals surface area contributed by atoms with E-state index in [0.29, 0.717) is 0 Å². The minimum absolute atomic E-state index is 0.0249. The van der Waals surface area contributed by atoms with Crippen molar-refractivity contribution in [2.45, 2.75) is 39.5 Å². The second-order valence-corrected chi connectivity index (χ2v) is 9.49. The number of aromatic amines is 1. The third-order valence-corrected chi connectivity index (χ3v) is 6.25. The first kappa shape index (κ1) is 20.3. The molecule has 1 aliphatic rings. The molecule has 0 spiro atoms. The fourth-order valence-electron chi connectivity index (χ4n) is 3.45. The minimum atomic E-state index is 0.0249. The Balaban J connectivity index is 0.000000265. The number of nitrogens with zero attached hydrogens (tertiary/aromatic N) is 2. The van der Waals surface area contributed by atoms with E-state index in [-0.39, 0.29) is 5.41 Å². The van der Waals surface area contributed by atoms with Crippen molar-refractivity contribution in [3.63, 3.8) is 0 Å². The van der Waals surface area contributed by atoms with Gasteiger partial charge in [0.05, 0.1) is 5.69 Å². The molecule has 0 unspecified atom stereocenters. The highest BCUT2D eigenvalue weighted by Gasteiger charge is 2.21. The summed E-state index contributed by atoms with van der Waals surface area (Å²) in [6.45, 7) is 8.68. The predicted molar refractivity (Wildman–Crippen MR) is 132 cm³/mol. The van der Waals surface area contributed by atoms with Crippen LogP contribution in [0.25, 0.3) is 31.4 Å². The van der Waals surface area contributed by atoms with E-state index in [9.17, 15) is 0 Å². The largest absolute Gasteiger partial charge is 0.345 e. The van der Waals surface area contributed by atoms with E-state index in [2.05, 4.69) is 86.2 Å². The normalized spacial score (nSPS) is 13.5. The number of allylic oxidation sites excluding steroid dienone is 3. The molecule has 3 heterocycles. The molecule has 152 valence electrons. The SMILES string of the molecule is C1=CCC=CN=C1.Cc1[nH]c(C(C)(C)C)nc1-c1cccc2c1sc1ccccc12. The molecule has 0 radical (unpaired) electrons.